The predicted molar refractivity (Wildman–Crippen MR) is 205 cm³/mol. The Balaban J connectivity index is 1.17. The number of aromatic nitrogens is 3. The van der Waals surface area contributed by atoms with Crippen LogP contribution in [0.3, 0.4) is 0 Å². The first kappa shape index (κ1) is 28.8. The molecule has 5 heteroatoms. The largest absolute Gasteiger partial charge is 0.455 e. The monoisotopic (exact) mass is 659 g/mol. The van der Waals surface area contributed by atoms with Gasteiger partial charge in [-0.05, 0) is 47.8 Å². The van der Waals surface area contributed by atoms with E-state index in [2.05, 4.69) is 91.0 Å². The zero-order valence-electron chi connectivity index (χ0n) is 27.0. The summed E-state index contributed by atoms with van der Waals surface area (Å²) in [6, 6.07) is 52.7. The van der Waals surface area contributed by atoms with Crippen molar-refractivity contribution < 1.29 is 4.42 Å². The molecule has 1 aliphatic carbocycles. The summed E-state index contributed by atoms with van der Waals surface area (Å²) in [6.45, 7) is 0. The SMILES string of the molecule is c1ccc(C2=c3c(sc4ccccc34)=C(c3cccc4c3oc3cc(-c5nc(-c6ccccc6)nc(-c6ccccc6)n5)ccc34)CC2)cc1. The topological polar surface area (TPSA) is 51.8 Å². The minimum absolute atomic E-state index is 0.612. The van der Waals surface area contributed by atoms with Crippen LogP contribution in [0.5, 0.6) is 0 Å². The Bertz CT molecular complexity index is 2800. The third-order valence-corrected chi connectivity index (χ3v) is 10.9. The molecule has 3 aromatic heterocycles. The molecule has 0 spiro atoms. The first-order chi connectivity index (χ1) is 24.8. The quantitative estimate of drug-likeness (QED) is 0.185. The Hall–Kier alpha value is -6.17. The Morgan fingerprint density at radius 3 is 1.74 bits per heavy atom. The molecule has 0 saturated carbocycles. The van der Waals surface area contributed by atoms with Crippen molar-refractivity contribution in [2.24, 2.45) is 0 Å². The molecule has 0 fully saturated rings. The Morgan fingerprint density at radius 1 is 0.460 bits per heavy atom. The number of thiophene rings is 1. The number of hydrogen-bond donors (Lipinski definition) is 0. The van der Waals surface area contributed by atoms with Gasteiger partial charge < -0.3 is 4.42 Å². The van der Waals surface area contributed by atoms with Crippen LogP contribution in [0.1, 0.15) is 24.0 Å². The summed E-state index contributed by atoms with van der Waals surface area (Å²) in [5.41, 5.74) is 9.75. The van der Waals surface area contributed by atoms with Crippen LogP contribution >= 0.6 is 11.3 Å². The molecule has 50 heavy (non-hydrogen) atoms. The molecular formula is C45H29N3OS. The number of fused-ring (bicyclic) bond motifs is 6. The third-order valence-electron chi connectivity index (χ3n) is 9.70. The number of benzene rings is 6. The molecule has 0 bridgehead atoms. The van der Waals surface area contributed by atoms with Gasteiger partial charge >= 0.3 is 0 Å². The van der Waals surface area contributed by atoms with E-state index >= 15 is 0 Å². The molecule has 0 N–H and O–H groups in total. The van der Waals surface area contributed by atoms with Crippen LogP contribution in [0.15, 0.2) is 156 Å². The van der Waals surface area contributed by atoms with E-state index in [4.69, 9.17) is 19.4 Å². The third kappa shape index (κ3) is 4.78. The molecule has 0 amide bonds. The van der Waals surface area contributed by atoms with Crippen molar-refractivity contribution in [1.29, 1.82) is 0 Å². The van der Waals surface area contributed by atoms with Gasteiger partial charge in [0.1, 0.15) is 11.2 Å². The van der Waals surface area contributed by atoms with Crippen molar-refractivity contribution in [2.45, 2.75) is 12.8 Å². The normalized spacial score (nSPS) is 13.0. The zero-order chi connectivity index (χ0) is 33.0. The summed E-state index contributed by atoms with van der Waals surface area (Å²) in [7, 11) is 0. The average molecular weight is 660 g/mol. The van der Waals surface area contributed by atoms with Gasteiger partial charge in [0.2, 0.25) is 0 Å². The summed E-state index contributed by atoms with van der Waals surface area (Å²) in [5, 5.41) is 4.89. The maximum absolute atomic E-state index is 6.84. The highest BCUT2D eigenvalue weighted by molar-refractivity contribution is 7.17. The highest BCUT2D eigenvalue weighted by Gasteiger charge is 2.22. The second-order valence-corrected chi connectivity index (χ2v) is 13.7. The first-order valence-electron chi connectivity index (χ1n) is 16.9. The standard InChI is InChI=1S/C45H29N3OS/c1-4-13-28(14-5-1)32-25-26-36(42-40(32)37-19-10-11-22-39(37)50-42)35-21-12-20-34-33-24-23-31(27-38(33)49-41(34)35)45-47-43(29-15-6-2-7-16-29)46-44(48-45)30-17-8-3-9-18-30/h1-24,27H,25-26H2. The second kappa shape index (κ2) is 11.8. The van der Waals surface area contributed by atoms with Crippen molar-refractivity contribution in [2.75, 3.05) is 0 Å². The molecule has 1 aliphatic rings. The van der Waals surface area contributed by atoms with Crippen molar-refractivity contribution in [3.05, 3.63) is 173 Å². The second-order valence-electron chi connectivity index (χ2n) is 12.7. The molecule has 0 aliphatic heterocycles. The van der Waals surface area contributed by atoms with E-state index in [1.54, 1.807) is 0 Å². The van der Waals surface area contributed by atoms with Gasteiger partial charge in [-0.15, -0.1) is 11.3 Å². The van der Waals surface area contributed by atoms with Gasteiger partial charge in [-0.1, -0.05) is 133 Å². The smallest absolute Gasteiger partial charge is 0.164 e. The van der Waals surface area contributed by atoms with E-state index in [1.807, 2.05) is 72.0 Å². The van der Waals surface area contributed by atoms with Crippen LogP contribution in [0.25, 0.3) is 77.3 Å². The van der Waals surface area contributed by atoms with Gasteiger partial charge in [-0.2, -0.15) is 0 Å². The number of rotatable bonds is 5. The molecular weight excluding hydrogens is 631 g/mol. The molecule has 0 saturated heterocycles. The van der Waals surface area contributed by atoms with Crippen LogP contribution < -0.4 is 9.75 Å². The van der Waals surface area contributed by atoms with Crippen LogP contribution in [0.2, 0.25) is 0 Å². The maximum atomic E-state index is 6.84. The van der Waals surface area contributed by atoms with Crippen molar-refractivity contribution >= 4 is 54.5 Å². The fraction of sp³-hybridized carbons (Fsp3) is 0.0444. The molecule has 0 atom stereocenters. The minimum atomic E-state index is 0.612. The molecule has 3 heterocycles. The van der Waals surface area contributed by atoms with Crippen LogP contribution in [-0.4, -0.2) is 15.0 Å². The van der Waals surface area contributed by atoms with Gasteiger partial charge in [0, 0.05) is 52.9 Å². The Labute approximate surface area is 292 Å². The number of para-hydroxylation sites is 1. The summed E-state index contributed by atoms with van der Waals surface area (Å²) in [4.78, 5) is 14.8. The fourth-order valence-corrected chi connectivity index (χ4v) is 8.66. The van der Waals surface area contributed by atoms with Crippen LogP contribution in [0, 0.1) is 0 Å². The highest BCUT2D eigenvalue weighted by Crippen LogP contribution is 2.38. The fourth-order valence-electron chi connectivity index (χ4n) is 7.34. The Kier molecular flexibility index (Phi) is 6.78. The first-order valence-corrected chi connectivity index (χ1v) is 17.7. The van der Waals surface area contributed by atoms with Gasteiger partial charge in [-0.3, -0.25) is 0 Å². The van der Waals surface area contributed by atoms with E-state index < -0.39 is 0 Å². The van der Waals surface area contributed by atoms with Gasteiger partial charge in [0.25, 0.3) is 0 Å². The maximum Gasteiger partial charge on any atom is 0.164 e. The van der Waals surface area contributed by atoms with E-state index in [0.717, 1.165) is 57.0 Å². The molecule has 6 aromatic carbocycles. The van der Waals surface area contributed by atoms with E-state index in [9.17, 15) is 0 Å². The summed E-state index contributed by atoms with van der Waals surface area (Å²) in [6.07, 6.45) is 1.92. The van der Waals surface area contributed by atoms with Gasteiger partial charge in [0.05, 0.1) is 0 Å². The minimum Gasteiger partial charge on any atom is -0.455 e. The molecule has 0 unspecified atom stereocenters. The number of hydrogen-bond acceptors (Lipinski definition) is 5. The van der Waals surface area contributed by atoms with E-state index in [1.165, 1.54) is 36.5 Å². The highest BCUT2D eigenvalue weighted by atomic mass is 32.1. The molecule has 9 aromatic rings. The lowest BCUT2D eigenvalue weighted by Crippen LogP contribution is -2.29. The van der Waals surface area contributed by atoms with Gasteiger partial charge in [-0.25, -0.2) is 15.0 Å². The van der Waals surface area contributed by atoms with Crippen LogP contribution in [0.4, 0.5) is 0 Å². The summed E-state index contributed by atoms with van der Waals surface area (Å²) in [5.74, 6) is 1.89. The Morgan fingerprint density at radius 2 is 1.04 bits per heavy atom. The lowest BCUT2D eigenvalue weighted by atomic mass is 9.88. The molecule has 10 rings (SSSR count). The predicted octanol–water partition coefficient (Wildman–Crippen LogP) is 10.2. The summed E-state index contributed by atoms with van der Waals surface area (Å²) < 4.78 is 9.49. The summed E-state index contributed by atoms with van der Waals surface area (Å²) >= 11 is 1.89. The molecule has 0 radical (unpaired) electrons. The zero-order valence-corrected chi connectivity index (χ0v) is 27.8. The number of furan rings is 1. The van der Waals surface area contributed by atoms with E-state index in [0.29, 0.717) is 17.5 Å². The van der Waals surface area contributed by atoms with Gasteiger partial charge in [0.15, 0.2) is 17.5 Å². The molecule has 236 valence electrons. The average Bonchev–Trinajstić information content (AvgIpc) is 3.77. The van der Waals surface area contributed by atoms with Crippen molar-refractivity contribution in [3.8, 4) is 34.2 Å². The van der Waals surface area contributed by atoms with Crippen LogP contribution in [-0.2, 0) is 0 Å². The number of nitrogens with zero attached hydrogens (tertiary/aromatic N) is 3. The van der Waals surface area contributed by atoms with E-state index in [-0.39, 0.29) is 0 Å². The lowest BCUT2D eigenvalue weighted by Gasteiger charge is -2.16. The van der Waals surface area contributed by atoms with Crippen molar-refractivity contribution in [3.63, 3.8) is 0 Å². The lowest BCUT2D eigenvalue weighted by molar-refractivity contribution is 0.667. The van der Waals surface area contributed by atoms with Crippen molar-refractivity contribution in [1.82, 2.24) is 15.0 Å². The molecule has 4 nitrogen and oxygen atoms in total.